The number of anilines is 1. The molecule has 100 valence electrons. The van der Waals surface area contributed by atoms with E-state index in [4.69, 9.17) is 9.47 Å². The van der Waals surface area contributed by atoms with Crippen molar-refractivity contribution in [3.8, 4) is 5.88 Å². The number of hydrogen-bond acceptors (Lipinski definition) is 7. The predicted octanol–water partition coefficient (Wildman–Crippen LogP) is 1.21. The molecule has 19 heavy (non-hydrogen) atoms. The third kappa shape index (κ3) is 3.70. The van der Waals surface area contributed by atoms with E-state index >= 15 is 0 Å². The predicted molar refractivity (Wildman–Crippen MR) is 69.5 cm³/mol. The minimum Gasteiger partial charge on any atom is -0.475 e. The minimum absolute atomic E-state index is 0.265. The number of amides is 1. The lowest BCUT2D eigenvalue weighted by Gasteiger charge is -2.08. The van der Waals surface area contributed by atoms with Gasteiger partial charge in [0.2, 0.25) is 11.0 Å². The van der Waals surface area contributed by atoms with E-state index in [0.717, 1.165) is 0 Å². The Labute approximate surface area is 113 Å². The van der Waals surface area contributed by atoms with Crippen molar-refractivity contribution < 1.29 is 14.3 Å². The van der Waals surface area contributed by atoms with Crippen molar-refractivity contribution in [2.45, 2.75) is 0 Å². The summed E-state index contributed by atoms with van der Waals surface area (Å²) >= 11 is 1.24. The van der Waals surface area contributed by atoms with E-state index in [1.54, 1.807) is 25.4 Å². The van der Waals surface area contributed by atoms with Crippen molar-refractivity contribution in [1.29, 1.82) is 0 Å². The molecule has 7 nitrogen and oxygen atoms in total. The zero-order valence-electron chi connectivity index (χ0n) is 10.2. The highest BCUT2D eigenvalue weighted by molar-refractivity contribution is 7.13. The van der Waals surface area contributed by atoms with Crippen molar-refractivity contribution >= 4 is 22.4 Å². The summed E-state index contributed by atoms with van der Waals surface area (Å²) in [7, 11) is 1.57. The van der Waals surface area contributed by atoms with Gasteiger partial charge in [-0.1, -0.05) is 11.3 Å². The highest BCUT2D eigenvalue weighted by Crippen LogP contribution is 2.17. The zero-order valence-corrected chi connectivity index (χ0v) is 11.0. The number of aromatic nitrogens is 3. The molecule has 2 heterocycles. The second-order valence-electron chi connectivity index (χ2n) is 3.40. The molecular formula is C11H12N4O3S. The van der Waals surface area contributed by atoms with Gasteiger partial charge in [-0.15, -0.1) is 10.2 Å². The molecule has 0 fully saturated rings. The summed E-state index contributed by atoms with van der Waals surface area (Å²) in [4.78, 5) is 16.1. The van der Waals surface area contributed by atoms with Crippen molar-refractivity contribution in [2.75, 3.05) is 25.6 Å². The highest BCUT2D eigenvalue weighted by atomic mass is 32.1. The van der Waals surface area contributed by atoms with Gasteiger partial charge >= 0.3 is 0 Å². The van der Waals surface area contributed by atoms with Crippen LogP contribution in [-0.4, -0.2) is 41.4 Å². The van der Waals surface area contributed by atoms with E-state index in [1.165, 1.54) is 16.8 Å². The quantitative estimate of drug-likeness (QED) is 0.800. The number of ether oxygens (including phenoxy) is 2. The lowest BCUT2D eigenvalue weighted by Crippen LogP contribution is -2.15. The summed E-state index contributed by atoms with van der Waals surface area (Å²) in [6, 6.07) is 3.30. The van der Waals surface area contributed by atoms with Crippen LogP contribution >= 0.6 is 11.3 Å². The van der Waals surface area contributed by atoms with Gasteiger partial charge in [0.15, 0.2) is 0 Å². The molecule has 0 aliphatic heterocycles. The molecule has 1 amide bonds. The summed E-state index contributed by atoms with van der Waals surface area (Å²) in [5.41, 5.74) is 1.88. The third-order valence-electron chi connectivity index (χ3n) is 2.12. The molecule has 8 heteroatoms. The van der Waals surface area contributed by atoms with Gasteiger partial charge in [0, 0.05) is 13.3 Å². The lowest BCUT2D eigenvalue weighted by molar-refractivity contribution is 0.101. The monoisotopic (exact) mass is 280 g/mol. The Balaban J connectivity index is 2.07. The first-order chi connectivity index (χ1) is 9.31. The second-order valence-corrected chi connectivity index (χ2v) is 4.23. The summed E-state index contributed by atoms with van der Waals surface area (Å²) in [6.45, 7) is 0.751. The van der Waals surface area contributed by atoms with Crippen molar-refractivity contribution in [2.24, 2.45) is 0 Å². The van der Waals surface area contributed by atoms with Gasteiger partial charge < -0.3 is 9.47 Å². The molecule has 0 atom stereocenters. The Bertz CT molecular complexity index is 532. The molecule has 0 saturated heterocycles. The summed E-state index contributed by atoms with van der Waals surface area (Å²) in [5, 5.41) is 10.4. The number of nitrogens with one attached hydrogen (secondary N) is 1. The molecule has 0 bridgehead atoms. The fraction of sp³-hybridized carbons (Fsp3) is 0.273. The maximum atomic E-state index is 12.0. The SMILES string of the molecule is COCCOc1ncccc1C(=O)Nc1nncs1. The smallest absolute Gasteiger partial charge is 0.262 e. The summed E-state index contributed by atoms with van der Waals surface area (Å²) in [6.07, 6.45) is 1.56. The van der Waals surface area contributed by atoms with E-state index in [-0.39, 0.29) is 11.8 Å². The molecule has 2 aromatic rings. The minimum atomic E-state index is -0.336. The number of pyridine rings is 1. The highest BCUT2D eigenvalue weighted by Gasteiger charge is 2.14. The van der Waals surface area contributed by atoms with Crippen LogP contribution in [0.3, 0.4) is 0 Å². The van der Waals surface area contributed by atoms with Gasteiger partial charge in [0.05, 0.1) is 6.61 Å². The number of carbonyl (C=O) groups is 1. The van der Waals surface area contributed by atoms with Gasteiger partial charge in [-0.05, 0) is 12.1 Å². The molecule has 1 N–H and O–H groups in total. The maximum Gasteiger partial charge on any atom is 0.262 e. The van der Waals surface area contributed by atoms with E-state index in [1.807, 2.05) is 0 Å². The maximum absolute atomic E-state index is 12.0. The average Bonchev–Trinajstić information content (AvgIpc) is 2.92. The number of rotatable bonds is 6. The van der Waals surface area contributed by atoms with Crippen LogP contribution in [0.1, 0.15) is 10.4 Å². The fourth-order valence-electron chi connectivity index (χ4n) is 1.29. The standard InChI is InChI=1S/C11H12N4O3S/c1-17-5-6-18-10-8(3-2-4-12-10)9(16)14-11-15-13-7-19-11/h2-4,7H,5-6H2,1H3,(H,14,15,16). The number of nitrogens with zero attached hydrogens (tertiary/aromatic N) is 3. The number of hydrogen-bond donors (Lipinski definition) is 1. The van der Waals surface area contributed by atoms with Crippen molar-refractivity contribution in [3.05, 3.63) is 29.4 Å². The Kier molecular flexibility index (Phi) is 4.76. The van der Waals surface area contributed by atoms with Crippen LogP contribution in [0.25, 0.3) is 0 Å². The first-order valence-electron chi connectivity index (χ1n) is 5.45. The Hall–Kier alpha value is -2.06. The second kappa shape index (κ2) is 6.76. The molecule has 0 radical (unpaired) electrons. The molecule has 0 aliphatic rings. The molecule has 0 aliphatic carbocycles. The van der Waals surface area contributed by atoms with Gasteiger partial charge in [0.25, 0.3) is 5.91 Å². The molecule has 0 aromatic carbocycles. The van der Waals surface area contributed by atoms with E-state index in [2.05, 4.69) is 20.5 Å². The first kappa shape index (κ1) is 13.4. The lowest BCUT2D eigenvalue weighted by atomic mass is 10.2. The normalized spacial score (nSPS) is 10.2. The van der Waals surface area contributed by atoms with Crippen molar-refractivity contribution in [1.82, 2.24) is 15.2 Å². The van der Waals surface area contributed by atoms with Crippen LogP contribution in [0.15, 0.2) is 23.8 Å². The van der Waals surface area contributed by atoms with E-state index < -0.39 is 0 Å². The van der Waals surface area contributed by atoms with E-state index in [0.29, 0.717) is 23.9 Å². The molecule has 2 rings (SSSR count). The molecule has 2 aromatic heterocycles. The molecule has 0 spiro atoms. The topological polar surface area (TPSA) is 86.2 Å². The molecule has 0 unspecified atom stereocenters. The van der Waals surface area contributed by atoms with Crippen molar-refractivity contribution in [3.63, 3.8) is 0 Å². The Morgan fingerprint density at radius 2 is 2.37 bits per heavy atom. The van der Waals surface area contributed by atoms with Gasteiger partial charge in [-0.3, -0.25) is 10.1 Å². The van der Waals surface area contributed by atoms with Crippen LogP contribution in [0.5, 0.6) is 5.88 Å². The number of methoxy groups -OCH3 is 1. The first-order valence-corrected chi connectivity index (χ1v) is 6.33. The van der Waals surface area contributed by atoms with Gasteiger partial charge in [-0.2, -0.15) is 0 Å². The van der Waals surface area contributed by atoms with Gasteiger partial charge in [-0.25, -0.2) is 4.98 Å². The largest absolute Gasteiger partial charge is 0.475 e. The third-order valence-corrected chi connectivity index (χ3v) is 2.73. The van der Waals surface area contributed by atoms with Crippen LogP contribution in [0.2, 0.25) is 0 Å². The van der Waals surface area contributed by atoms with Crippen LogP contribution in [-0.2, 0) is 4.74 Å². The molecular weight excluding hydrogens is 268 g/mol. The fourth-order valence-corrected chi connectivity index (χ4v) is 1.73. The Morgan fingerprint density at radius 1 is 1.47 bits per heavy atom. The summed E-state index contributed by atoms with van der Waals surface area (Å²) < 4.78 is 10.3. The van der Waals surface area contributed by atoms with E-state index in [9.17, 15) is 4.79 Å². The Morgan fingerprint density at radius 3 is 3.11 bits per heavy atom. The van der Waals surface area contributed by atoms with Gasteiger partial charge in [0.1, 0.15) is 17.7 Å². The van der Waals surface area contributed by atoms with Crippen LogP contribution in [0, 0.1) is 0 Å². The average molecular weight is 280 g/mol. The summed E-state index contributed by atoms with van der Waals surface area (Å²) in [5.74, 6) is -0.0705. The van der Waals surface area contributed by atoms with Crippen LogP contribution in [0.4, 0.5) is 5.13 Å². The zero-order chi connectivity index (χ0) is 13.5. The number of carbonyl (C=O) groups excluding carboxylic acids is 1. The van der Waals surface area contributed by atoms with Crippen LogP contribution < -0.4 is 10.1 Å². The molecule has 0 saturated carbocycles.